The lowest BCUT2D eigenvalue weighted by Crippen LogP contribution is -2.41. The molecular weight excluding hydrogens is 344 g/mol. The maximum absolute atomic E-state index is 12.9. The van der Waals surface area contributed by atoms with E-state index in [-0.39, 0.29) is 6.54 Å². The van der Waals surface area contributed by atoms with Crippen LogP contribution in [0, 0.1) is 0 Å². The summed E-state index contributed by atoms with van der Waals surface area (Å²) in [5.41, 5.74) is 1.39. The number of rotatable bonds is 4. The van der Waals surface area contributed by atoms with Crippen LogP contribution in [0.15, 0.2) is 66.7 Å². The normalized spacial score (nSPS) is 14.3. The lowest BCUT2D eigenvalue weighted by atomic mass is 9.97. The van der Waals surface area contributed by atoms with Crippen LogP contribution in [0.5, 0.6) is 0 Å². The van der Waals surface area contributed by atoms with Gasteiger partial charge in [-0.25, -0.2) is 4.79 Å². The van der Waals surface area contributed by atoms with Crippen LogP contribution in [0.3, 0.4) is 0 Å². The smallest absolute Gasteiger partial charge is 0.404 e. The van der Waals surface area contributed by atoms with E-state index in [9.17, 15) is 14.4 Å². The molecule has 1 atom stereocenters. The van der Waals surface area contributed by atoms with E-state index in [4.69, 9.17) is 5.11 Å². The van der Waals surface area contributed by atoms with Crippen molar-refractivity contribution in [3.63, 3.8) is 0 Å². The first-order valence-electron chi connectivity index (χ1n) is 8.49. The standard InChI is InChI=1S/C21H16N2O4/c24-19-16-9-3-4-10-17(16)20(25)23(19)18(12-22-21(26)27)15-11-5-7-13-6-1-2-8-14(13)15/h1-11,18,22H,12H2,(H,26,27). The maximum Gasteiger partial charge on any atom is 0.404 e. The Labute approximate surface area is 155 Å². The number of imide groups is 1. The first-order valence-corrected chi connectivity index (χ1v) is 8.49. The second-order valence-corrected chi connectivity index (χ2v) is 6.30. The topological polar surface area (TPSA) is 86.7 Å². The van der Waals surface area contributed by atoms with Crippen molar-refractivity contribution >= 4 is 28.7 Å². The lowest BCUT2D eigenvalue weighted by molar-refractivity contribution is 0.0580. The summed E-state index contributed by atoms with van der Waals surface area (Å²) in [6.45, 7) is -0.0885. The van der Waals surface area contributed by atoms with Crippen LogP contribution in [0.4, 0.5) is 4.79 Å². The molecule has 0 aromatic heterocycles. The number of amides is 3. The highest BCUT2D eigenvalue weighted by Gasteiger charge is 2.40. The van der Waals surface area contributed by atoms with E-state index in [1.54, 1.807) is 24.3 Å². The van der Waals surface area contributed by atoms with Gasteiger partial charge >= 0.3 is 6.09 Å². The first-order chi connectivity index (χ1) is 13.1. The number of carboxylic acid groups (broad SMARTS) is 1. The second kappa shape index (κ2) is 6.57. The molecule has 6 nitrogen and oxygen atoms in total. The molecule has 1 aliphatic heterocycles. The molecule has 27 heavy (non-hydrogen) atoms. The van der Waals surface area contributed by atoms with E-state index in [0.29, 0.717) is 11.1 Å². The summed E-state index contributed by atoms with van der Waals surface area (Å²) >= 11 is 0. The van der Waals surface area contributed by atoms with Gasteiger partial charge in [0.2, 0.25) is 0 Å². The zero-order chi connectivity index (χ0) is 19.0. The monoisotopic (exact) mass is 360 g/mol. The van der Waals surface area contributed by atoms with Gasteiger partial charge < -0.3 is 10.4 Å². The summed E-state index contributed by atoms with van der Waals surface area (Å²) in [5.74, 6) is -0.832. The van der Waals surface area contributed by atoms with Crippen molar-refractivity contribution < 1.29 is 19.5 Å². The molecule has 2 N–H and O–H groups in total. The summed E-state index contributed by atoms with van der Waals surface area (Å²) in [5, 5.41) is 13.2. The molecule has 0 saturated carbocycles. The fraction of sp³-hybridized carbons (Fsp3) is 0.0952. The average Bonchev–Trinajstić information content (AvgIpc) is 2.93. The fourth-order valence-corrected chi connectivity index (χ4v) is 3.56. The second-order valence-electron chi connectivity index (χ2n) is 6.30. The number of hydrogen-bond acceptors (Lipinski definition) is 3. The molecule has 3 aromatic carbocycles. The van der Waals surface area contributed by atoms with E-state index < -0.39 is 23.9 Å². The van der Waals surface area contributed by atoms with Gasteiger partial charge in [-0.3, -0.25) is 14.5 Å². The number of carbonyl (C=O) groups is 3. The van der Waals surface area contributed by atoms with Crippen molar-refractivity contribution in [3.8, 4) is 0 Å². The molecule has 3 aromatic rings. The number of benzene rings is 3. The van der Waals surface area contributed by atoms with Crippen LogP contribution in [0.1, 0.15) is 32.3 Å². The molecule has 1 heterocycles. The lowest BCUT2D eigenvalue weighted by Gasteiger charge is -2.27. The fourth-order valence-electron chi connectivity index (χ4n) is 3.56. The van der Waals surface area contributed by atoms with Gasteiger partial charge in [-0.2, -0.15) is 0 Å². The van der Waals surface area contributed by atoms with Gasteiger partial charge in [0.25, 0.3) is 11.8 Å². The minimum Gasteiger partial charge on any atom is -0.465 e. The number of nitrogens with one attached hydrogen (secondary N) is 1. The summed E-state index contributed by atoms with van der Waals surface area (Å²) in [4.78, 5) is 38.1. The van der Waals surface area contributed by atoms with Gasteiger partial charge in [0.1, 0.15) is 0 Å². The summed E-state index contributed by atoms with van der Waals surface area (Å²) < 4.78 is 0. The molecule has 134 valence electrons. The Kier molecular flexibility index (Phi) is 4.08. The molecule has 0 fully saturated rings. The molecular formula is C21H16N2O4. The third-order valence-electron chi connectivity index (χ3n) is 4.77. The van der Waals surface area contributed by atoms with Gasteiger partial charge in [-0.15, -0.1) is 0 Å². The highest BCUT2D eigenvalue weighted by molar-refractivity contribution is 6.21. The largest absolute Gasteiger partial charge is 0.465 e. The number of nitrogens with zero attached hydrogens (tertiary/aromatic N) is 1. The summed E-state index contributed by atoms with van der Waals surface area (Å²) in [6.07, 6.45) is -1.21. The van der Waals surface area contributed by atoms with Crippen molar-refractivity contribution in [1.29, 1.82) is 0 Å². The molecule has 0 bridgehead atoms. The van der Waals surface area contributed by atoms with E-state index in [1.165, 1.54) is 0 Å². The van der Waals surface area contributed by atoms with Crippen LogP contribution in [0.25, 0.3) is 10.8 Å². The number of hydrogen-bond donors (Lipinski definition) is 2. The minimum atomic E-state index is -1.21. The molecule has 0 spiro atoms. The first kappa shape index (κ1) is 16.8. The molecule has 0 saturated heterocycles. The number of carbonyl (C=O) groups excluding carboxylic acids is 2. The van der Waals surface area contributed by atoms with Crippen LogP contribution < -0.4 is 5.32 Å². The molecule has 4 rings (SSSR count). The zero-order valence-electron chi connectivity index (χ0n) is 14.3. The molecule has 0 radical (unpaired) electrons. The minimum absolute atomic E-state index is 0.0885. The highest BCUT2D eigenvalue weighted by atomic mass is 16.4. The van der Waals surface area contributed by atoms with Gasteiger partial charge in [-0.05, 0) is 28.5 Å². The molecule has 0 aliphatic carbocycles. The Hall–Kier alpha value is -3.67. The van der Waals surface area contributed by atoms with E-state index >= 15 is 0 Å². The third-order valence-corrected chi connectivity index (χ3v) is 4.77. The molecule has 1 unspecified atom stereocenters. The van der Waals surface area contributed by atoms with Gasteiger partial charge in [0, 0.05) is 6.54 Å². The van der Waals surface area contributed by atoms with E-state index in [1.807, 2.05) is 42.5 Å². The zero-order valence-corrected chi connectivity index (χ0v) is 14.3. The average molecular weight is 360 g/mol. The van der Waals surface area contributed by atoms with Crippen molar-refractivity contribution in [2.45, 2.75) is 6.04 Å². The van der Waals surface area contributed by atoms with Crippen molar-refractivity contribution in [1.82, 2.24) is 10.2 Å². The Morgan fingerprint density at radius 1 is 0.889 bits per heavy atom. The summed E-state index contributed by atoms with van der Waals surface area (Å²) in [6, 6.07) is 19.1. The van der Waals surface area contributed by atoms with Crippen molar-refractivity contribution in [2.75, 3.05) is 6.54 Å². The molecule has 3 amide bonds. The Morgan fingerprint density at radius 2 is 1.48 bits per heavy atom. The third kappa shape index (κ3) is 2.81. The Balaban J connectivity index is 1.84. The highest BCUT2D eigenvalue weighted by Crippen LogP contribution is 2.34. The van der Waals surface area contributed by atoms with Gasteiger partial charge in [0.05, 0.1) is 17.2 Å². The predicted molar refractivity (Wildman–Crippen MR) is 99.7 cm³/mol. The Bertz CT molecular complexity index is 1040. The Morgan fingerprint density at radius 3 is 2.15 bits per heavy atom. The van der Waals surface area contributed by atoms with Crippen LogP contribution in [0.2, 0.25) is 0 Å². The predicted octanol–water partition coefficient (Wildman–Crippen LogP) is 3.44. The van der Waals surface area contributed by atoms with E-state index in [2.05, 4.69) is 5.32 Å². The van der Waals surface area contributed by atoms with Gasteiger partial charge in [0.15, 0.2) is 0 Å². The van der Waals surface area contributed by atoms with Crippen molar-refractivity contribution in [3.05, 3.63) is 83.4 Å². The van der Waals surface area contributed by atoms with Crippen LogP contribution in [-0.2, 0) is 0 Å². The van der Waals surface area contributed by atoms with Crippen LogP contribution in [-0.4, -0.2) is 34.5 Å². The SMILES string of the molecule is O=C(O)NCC(c1cccc2ccccc12)N1C(=O)c2ccccc2C1=O. The van der Waals surface area contributed by atoms with Crippen LogP contribution >= 0.6 is 0 Å². The summed E-state index contributed by atoms with van der Waals surface area (Å²) in [7, 11) is 0. The van der Waals surface area contributed by atoms with Gasteiger partial charge in [-0.1, -0.05) is 54.6 Å². The molecule has 6 heteroatoms. The van der Waals surface area contributed by atoms with Crippen molar-refractivity contribution in [2.24, 2.45) is 0 Å². The molecule has 1 aliphatic rings. The quantitative estimate of drug-likeness (QED) is 0.698. The maximum atomic E-state index is 12.9. The van der Waals surface area contributed by atoms with E-state index in [0.717, 1.165) is 21.2 Å². The number of fused-ring (bicyclic) bond motifs is 2.